The third kappa shape index (κ3) is 2.16. The maximum atomic E-state index is 11.6. The van der Waals surface area contributed by atoms with Gasteiger partial charge >= 0.3 is 7.82 Å². The van der Waals surface area contributed by atoms with Gasteiger partial charge < -0.3 is 15.4 Å². The molecule has 0 saturated carbocycles. The molecule has 10 nitrogen and oxygen atoms in total. The van der Waals surface area contributed by atoms with Gasteiger partial charge in [-0.2, -0.15) is 0 Å². The van der Waals surface area contributed by atoms with E-state index in [1.54, 1.807) is 4.57 Å². The van der Waals surface area contributed by atoms with Crippen LogP contribution in [0.5, 0.6) is 0 Å². The summed E-state index contributed by atoms with van der Waals surface area (Å²) < 4.78 is 29.0. The van der Waals surface area contributed by atoms with Gasteiger partial charge in [-0.1, -0.05) is 15.9 Å². The average molecular weight is 392 g/mol. The van der Waals surface area contributed by atoms with E-state index in [0.717, 1.165) is 0 Å². The number of hydrogen-bond acceptors (Lipinski definition) is 8. The molecule has 118 valence electrons. The van der Waals surface area contributed by atoms with E-state index in [2.05, 4.69) is 30.9 Å². The van der Waals surface area contributed by atoms with Gasteiger partial charge in [0.2, 0.25) is 0 Å². The molecule has 0 bridgehead atoms. The number of rotatable bonds is 1. The number of nitrogens with zero attached hydrogens (tertiary/aromatic N) is 4. The van der Waals surface area contributed by atoms with Gasteiger partial charge in [0.05, 0.1) is 17.8 Å². The molecule has 2 aliphatic heterocycles. The number of nitrogen functional groups attached to an aromatic ring is 1. The third-order valence-electron chi connectivity index (χ3n) is 3.59. The van der Waals surface area contributed by atoms with Crippen molar-refractivity contribution in [3.05, 3.63) is 12.7 Å². The summed E-state index contributed by atoms with van der Waals surface area (Å²) in [5, 5.41) is 0. The normalized spacial score (nSPS) is 38.3. The van der Waals surface area contributed by atoms with Gasteiger partial charge in [0.25, 0.3) is 0 Å². The van der Waals surface area contributed by atoms with E-state index in [-0.39, 0.29) is 17.3 Å². The fraction of sp³-hybridized carbons (Fsp3) is 0.500. The van der Waals surface area contributed by atoms with Crippen LogP contribution in [0.15, 0.2) is 12.7 Å². The van der Waals surface area contributed by atoms with E-state index in [0.29, 0.717) is 11.2 Å². The maximum Gasteiger partial charge on any atom is 0.472 e. The van der Waals surface area contributed by atoms with E-state index in [9.17, 15) is 9.46 Å². The van der Waals surface area contributed by atoms with Gasteiger partial charge in [-0.15, -0.1) is 0 Å². The van der Waals surface area contributed by atoms with Crippen LogP contribution in [0.4, 0.5) is 5.82 Å². The predicted octanol–water partition coefficient (Wildman–Crippen LogP) is 0.585. The Labute approximate surface area is 132 Å². The lowest BCUT2D eigenvalue weighted by Gasteiger charge is -2.28. The number of aromatic nitrogens is 4. The zero-order chi connectivity index (χ0) is 15.5. The van der Waals surface area contributed by atoms with Crippen molar-refractivity contribution >= 4 is 40.7 Å². The quantitative estimate of drug-likeness (QED) is 0.528. The number of phosphoric acid groups is 1. The van der Waals surface area contributed by atoms with E-state index < -0.39 is 26.3 Å². The van der Waals surface area contributed by atoms with Gasteiger partial charge in [-0.05, 0) is 0 Å². The molecule has 1 unspecified atom stereocenters. The van der Waals surface area contributed by atoms with Crippen LogP contribution in [0.25, 0.3) is 11.2 Å². The highest BCUT2D eigenvalue weighted by Crippen LogP contribution is 2.54. The van der Waals surface area contributed by atoms with E-state index >= 15 is 0 Å². The van der Waals surface area contributed by atoms with Crippen LogP contribution in [0, 0.1) is 0 Å². The molecule has 2 aliphatic rings. The summed E-state index contributed by atoms with van der Waals surface area (Å²) in [4.78, 5) is 21.3. The minimum absolute atomic E-state index is 0.0270. The van der Waals surface area contributed by atoms with Crippen molar-refractivity contribution in [2.75, 3.05) is 12.3 Å². The summed E-state index contributed by atoms with van der Waals surface area (Å²) in [5.41, 5.74) is 6.73. The number of phosphoric ester groups is 1. The molecule has 2 saturated heterocycles. The predicted molar refractivity (Wildman–Crippen MR) is 77.0 cm³/mol. The first-order valence-electron chi connectivity index (χ1n) is 6.34. The molecule has 0 radical (unpaired) electrons. The first-order chi connectivity index (χ1) is 10.5. The molecule has 5 atom stereocenters. The van der Waals surface area contributed by atoms with Gasteiger partial charge in [0, 0.05) is 0 Å². The number of fused-ring (bicyclic) bond motifs is 2. The monoisotopic (exact) mass is 391 g/mol. The first-order valence-corrected chi connectivity index (χ1v) is 8.76. The summed E-state index contributed by atoms with van der Waals surface area (Å²) in [6, 6.07) is 0. The van der Waals surface area contributed by atoms with Crippen molar-refractivity contribution in [1.29, 1.82) is 0 Å². The number of hydrogen-bond donors (Lipinski definition) is 2. The molecular weight excluding hydrogens is 381 g/mol. The van der Waals surface area contributed by atoms with Crippen molar-refractivity contribution in [2.45, 2.75) is 23.3 Å². The molecular formula is C10H11BrN5O5P. The van der Waals surface area contributed by atoms with Crippen LogP contribution in [-0.4, -0.2) is 48.1 Å². The van der Waals surface area contributed by atoms with Crippen molar-refractivity contribution in [3.63, 3.8) is 0 Å². The fourth-order valence-corrected chi connectivity index (χ4v) is 4.55. The molecule has 4 heterocycles. The van der Waals surface area contributed by atoms with Gasteiger partial charge in [-0.3, -0.25) is 13.6 Å². The molecule has 0 spiro atoms. The van der Waals surface area contributed by atoms with E-state index in [1.807, 2.05) is 0 Å². The average Bonchev–Trinajstić information content (AvgIpc) is 3.01. The van der Waals surface area contributed by atoms with Crippen LogP contribution in [0.1, 0.15) is 6.23 Å². The molecule has 2 fully saturated rings. The Kier molecular flexibility index (Phi) is 3.26. The molecule has 4 rings (SSSR count). The number of imidazole rings is 1. The Morgan fingerprint density at radius 3 is 3.09 bits per heavy atom. The van der Waals surface area contributed by atoms with Crippen LogP contribution in [-0.2, 0) is 18.3 Å². The largest absolute Gasteiger partial charge is 0.472 e. The fourth-order valence-electron chi connectivity index (χ4n) is 2.59. The van der Waals surface area contributed by atoms with Crippen LogP contribution >= 0.6 is 23.8 Å². The molecule has 0 aromatic carbocycles. The zero-order valence-corrected chi connectivity index (χ0v) is 13.4. The lowest BCUT2D eigenvalue weighted by atomic mass is 10.2. The topological polar surface area (TPSA) is 135 Å². The summed E-state index contributed by atoms with van der Waals surface area (Å²) in [6.07, 6.45) is 1.25. The van der Waals surface area contributed by atoms with Crippen molar-refractivity contribution in [3.8, 4) is 0 Å². The lowest BCUT2D eigenvalue weighted by Crippen LogP contribution is -2.36. The zero-order valence-electron chi connectivity index (χ0n) is 10.9. The smallest absolute Gasteiger partial charge is 0.382 e. The molecule has 3 N–H and O–H groups in total. The minimum atomic E-state index is -4.03. The molecule has 0 amide bonds. The minimum Gasteiger partial charge on any atom is -0.382 e. The molecule has 2 aromatic rings. The van der Waals surface area contributed by atoms with Crippen molar-refractivity contribution in [1.82, 2.24) is 19.5 Å². The Morgan fingerprint density at radius 1 is 1.45 bits per heavy atom. The first kappa shape index (κ1) is 14.5. The summed E-state index contributed by atoms with van der Waals surface area (Å²) in [7, 11) is -4.03. The standard InChI is InChI=1S/C10H11BrN5O5P/c11-5-7-4(1-19-22(17,18)21-7)20-10(5)16-3-15-6-8(12)13-2-14-9(6)16/h2-5,7,10H,1H2,(H,17,18)(H2,12,13,14)/t4-,5-,7-,10-/m1/s1. The Morgan fingerprint density at radius 2 is 2.27 bits per heavy atom. The van der Waals surface area contributed by atoms with E-state index in [4.69, 9.17) is 19.5 Å². The summed E-state index contributed by atoms with van der Waals surface area (Å²) >= 11 is 3.46. The van der Waals surface area contributed by atoms with Crippen LogP contribution in [0.2, 0.25) is 0 Å². The van der Waals surface area contributed by atoms with Crippen LogP contribution in [0.3, 0.4) is 0 Å². The second kappa shape index (κ2) is 4.95. The highest BCUT2D eigenvalue weighted by Gasteiger charge is 2.52. The van der Waals surface area contributed by atoms with Gasteiger partial charge in [-0.25, -0.2) is 19.5 Å². The number of ether oxygens (including phenoxy) is 1. The Balaban J connectivity index is 1.71. The summed E-state index contributed by atoms with van der Waals surface area (Å²) in [6.45, 7) is -0.0270. The third-order valence-corrected chi connectivity index (χ3v) is 5.54. The van der Waals surface area contributed by atoms with Crippen molar-refractivity contribution < 1.29 is 23.2 Å². The Bertz CT molecular complexity index is 786. The number of nitrogens with two attached hydrogens (primary N) is 1. The summed E-state index contributed by atoms with van der Waals surface area (Å²) in [5.74, 6) is 0.268. The molecule has 22 heavy (non-hydrogen) atoms. The van der Waals surface area contributed by atoms with E-state index in [1.165, 1.54) is 12.7 Å². The lowest BCUT2D eigenvalue weighted by molar-refractivity contribution is -0.0661. The molecule has 0 aliphatic carbocycles. The highest BCUT2D eigenvalue weighted by atomic mass is 79.9. The maximum absolute atomic E-state index is 11.6. The van der Waals surface area contributed by atoms with Crippen LogP contribution < -0.4 is 5.73 Å². The van der Waals surface area contributed by atoms with Gasteiger partial charge in [0.1, 0.15) is 24.1 Å². The van der Waals surface area contributed by atoms with Crippen molar-refractivity contribution in [2.24, 2.45) is 0 Å². The molecule has 12 heteroatoms. The SMILES string of the molecule is Nc1ncnc2c1ncn2[C@@H]1O[C@@H]2COP(=O)(O)O[C@H]2[C@H]1Br. The number of halogens is 1. The van der Waals surface area contributed by atoms with Gasteiger partial charge in [0.15, 0.2) is 17.7 Å². The number of anilines is 1. The second-order valence-corrected chi connectivity index (χ2v) is 7.39. The highest BCUT2D eigenvalue weighted by molar-refractivity contribution is 9.09. The molecule has 2 aromatic heterocycles. The Hall–Kier alpha value is -1.10. The number of alkyl halides is 1. The second-order valence-electron chi connectivity index (χ2n) is 4.93.